The van der Waals surface area contributed by atoms with Crippen LogP contribution in [0.2, 0.25) is 0 Å². The lowest BCUT2D eigenvalue weighted by Crippen LogP contribution is -2.01. The first-order valence-corrected chi connectivity index (χ1v) is 10.8. The standard InChI is InChI=1S/C18H34N10/c1-3-5-7-9-11-13-15-27-17(21-23-25-27)19-20-18-22-24-26-28(18)16-14-12-10-8-6-4-2/h3-16H2,1-2H3. The Morgan fingerprint density at radius 1 is 0.571 bits per heavy atom. The minimum Gasteiger partial charge on any atom is -0.209 e. The van der Waals surface area contributed by atoms with Gasteiger partial charge in [0.05, 0.1) is 0 Å². The van der Waals surface area contributed by atoms with Crippen molar-refractivity contribution in [3.8, 4) is 0 Å². The van der Waals surface area contributed by atoms with E-state index in [0.29, 0.717) is 11.9 Å². The lowest BCUT2D eigenvalue weighted by molar-refractivity contribution is 0.514. The van der Waals surface area contributed by atoms with Crippen molar-refractivity contribution in [2.45, 2.75) is 104 Å². The Balaban J connectivity index is 1.76. The number of tetrazole rings is 2. The number of aryl methyl sites for hydroxylation is 2. The van der Waals surface area contributed by atoms with Crippen LogP contribution in [0.25, 0.3) is 0 Å². The molecule has 0 fully saturated rings. The number of nitrogens with zero attached hydrogens (tertiary/aromatic N) is 10. The summed E-state index contributed by atoms with van der Waals surface area (Å²) in [4.78, 5) is 0. The summed E-state index contributed by atoms with van der Waals surface area (Å²) in [6.45, 7) is 5.94. The van der Waals surface area contributed by atoms with E-state index in [1.807, 2.05) is 0 Å². The van der Waals surface area contributed by atoms with Gasteiger partial charge in [0, 0.05) is 13.1 Å². The summed E-state index contributed by atoms with van der Waals surface area (Å²) in [7, 11) is 0. The molecule has 0 N–H and O–H groups in total. The molecular formula is C18H34N10. The van der Waals surface area contributed by atoms with Gasteiger partial charge in [0.2, 0.25) is 0 Å². The minimum atomic E-state index is 0.391. The minimum absolute atomic E-state index is 0.391. The van der Waals surface area contributed by atoms with E-state index in [-0.39, 0.29) is 0 Å². The van der Waals surface area contributed by atoms with Gasteiger partial charge in [-0.1, -0.05) is 88.3 Å². The smallest absolute Gasteiger partial charge is 0.209 e. The molecular weight excluding hydrogens is 356 g/mol. The molecule has 0 unspecified atom stereocenters. The van der Waals surface area contributed by atoms with Gasteiger partial charge >= 0.3 is 0 Å². The van der Waals surface area contributed by atoms with Gasteiger partial charge in [-0.25, -0.2) is 9.36 Å². The molecule has 0 aliphatic heterocycles. The summed E-state index contributed by atoms with van der Waals surface area (Å²) >= 11 is 0. The molecule has 0 saturated heterocycles. The fourth-order valence-corrected chi connectivity index (χ4v) is 3.01. The van der Waals surface area contributed by atoms with Crippen molar-refractivity contribution in [1.29, 1.82) is 0 Å². The number of rotatable bonds is 16. The van der Waals surface area contributed by atoms with Crippen molar-refractivity contribution in [2.24, 2.45) is 10.2 Å². The van der Waals surface area contributed by atoms with E-state index in [9.17, 15) is 0 Å². The number of azo groups is 1. The zero-order valence-electron chi connectivity index (χ0n) is 17.4. The van der Waals surface area contributed by atoms with Crippen LogP contribution in [-0.4, -0.2) is 40.4 Å². The zero-order valence-corrected chi connectivity index (χ0v) is 17.4. The van der Waals surface area contributed by atoms with Crippen LogP contribution in [0.5, 0.6) is 0 Å². The molecule has 2 aromatic rings. The first kappa shape index (κ1) is 22.0. The maximum absolute atomic E-state index is 4.15. The van der Waals surface area contributed by atoms with Gasteiger partial charge in [0.25, 0.3) is 11.9 Å². The predicted molar refractivity (Wildman–Crippen MR) is 107 cm³/mol. The van der Waals surface area contributed by atoms with Crippen molar-refractivity contribution in [3.63, 3.8) is 0 Å². The molecule has 0 bridgehead atoms. The molecule has 2 rings (SSSR count). The Morgan fingerprint density at radius 3 is 1.39 bits per heavy atom. The molecule has 156 valence electrons. The molecule has 0 amide bonds. The third-order valence-corrected chi connectivity index (χ3v) is 4.70. The van der Waals surface area contributed by atoms with E-state index in [1.165, 1.54) is 64.2 Å². The topological polar surface area (TPSA) is 112 Å². The van der Waals surface area contributed by atoms with Crippen molar-refractivity contribution < 1.29 is 0 Å². The molecule has 0 saturated carbocycles. The summed E-state index contributed by atoms with van der Waals surface area (Å²) < 4.78 is 3.37. The molecule has 10 nitrogen and oxygen atoms in total. The van der Waals surface area contributed by atoms with Crippen LogP contribution in [0.1, 0.15) is 90.9 Å². The van der Waals surface area contributed by atoms with Gasteiger partial charge in [0.15, 0.2) is 0 Å². The Labute approximate surface area is 167 Å². The third kappa shape index (κ3) is 8.18. The monoisotopic (exact) mass is 390 g/mol. The molecule has 28 heavy (non-hydrogen) atoms. The molecule has 0 aliphatic carbocycles. The fraction of sp³-hybridized carbons (Fsp3) is 0.889. The SMILES string of the molecule is CCCCCCCCn1nnnc1N=Nc1nnnn1CCCCCCCC. The Hall–Kier alpha value is -2.26. The van der Waals surface area contributed by atoms with Gasteiger partial charge in [-0.05, 0) is 33.7 Å². The van der Waals surface area contributed by atoms with Gasteiger partial charge in [-0.2, -0.15) is 0 Å². The number of hydrogen-bond acceptors (Lipinski definition) is 8. The van der Waals surface area contributed by atoms with E-state index in [1.54, 1.807) is 9.36 Å². The Kier molecular flexibility index (Phi) is 10.9. The van der Waals surface area contributed by atoms with E-state index in [4.69, 9.17) is 0 Å². The summed E-state index contributed by atoms with van der Waals surface area (Å²) in [5, 5.41) is 31.6. The molecule has 10 heteroatoms. The molecule has 0 aromatic carbocycles. The van der Waals surface area contributed by atoms with Gasteiger partial charge in [-0.15, -0.1) is 10.2 Å². The molecule has 0 spiro atoms. The average Bonchev–Trinajstić information content (AvgIpc) is 3.34. The lowest BCUT2D eigenvalue weighted by Gasteiger charge is -2.02. The van der Waals surface area contributed by atoms with E-state index in [0.717, 1.165) is 25.9 Å². The van der Waals surface area contributed by atoms with Crippen LogP contribution < -0.4 is 0 Å². The first-order chi connectivity index (χ1) is 13.8. The summed E-state index contributed by atoms with van der Waals surface area (Å²) in [6, 6.07) is 0. The molecule has 0 aliphatic rings. The molecule has 2 aromatic heterocycles. The van der Waals surface area contributed by atoms with Gasteiger partial charge in [0.1, 0.15) is 0 Å². The van der Waals surface area contributed by atoms with Crippen LogP contribution in [0, 0.1) is 0 Å². The number of aromatic nitrogens is 8. The molecule has 2 heterocycles. The number of hydrogen-bond donors (Lipinski definition) is 0. The van der Waals surface area contributed by atoms with E-state index >= 15 is 0 Å². The predicted octanol–water partition coefficient (Wildman–Crippen LogP) is 4.80. The lowest BCUT2D eigenvalue weighted by atomic mass is 10.1. The van der Waals surface area contributed by atoms with Gasteiger partial charge < -0.3 is 0 Å². The molecule has 0 atom stereocenters. The highest BCUT2D eigenvalue weighted by atomic mass is 15.6. The summed E-state index contributed by atoms with van der Waals surface area (Å²) in [5.41, 5.74) is 0. The van der Waals surface area contributed by atoms with Crippen LogP contribution in [0.3, 0.4) is 0 Å². The molecule has 0 radical (unpaired) electrons. The van der Waals surface area contributed by atoms with Gasteiger partial charge in [-0.3, -0.25) is 0 Å². The summed E-state index contributed by atoms with van der Waals surface area (Å²) in [6.07, 6.45) is 14.6. The van der Waals surface area contributed by atoms with Crippen LogP contribution in [0.15, 0.2) is 10.2 Å². The zero-order chi connectivity index (χ0) is 19.9. The Bertz CT molecular complexity index is 607. The van der Waals surface area contributed by atoms with Crippen molar-refractivity contribution in [1.82, 2.24) is 40.4 Å². The van der Waals surface area contributed by atoms with E-state index < -0.39 is 0 Å². The maximum Gasteiger partial charge on any atom is 0.288 e. The highest BCUT2D eigenvalue weighted by molar-refractivity contribution is 5.14. The van der Waals surface area contributed by atoms with Crippen LogP contribution >= 0.6 is 0 Å². The average molecular weight is 391 g/mol. The third-order valence-electron chi connectivity index (χ3n) is 4.70. The Morgan fingerprint density at radius 2 is 0.964 bits per heavy atom. The normalized spacial score (nSPS) is 11.6. The van der Waals surface area contributed by atoms with Crippen LogP contribution in [0.4, 0.5) is 11.9 Å². The highest BCUT2D eigenvalue weighted by Gasteiger charge is 2.08. The maximum atomic E-state index is 4.15. The highest BCUT2D eigenvalue weighted by Crippen LogP contribution is 2.14. The van der Waals surface area contributed by atoms with Crippen molar-refractivity contribution in [3.05, 3.63) is 0 Å². The van der Waals surface area contributed by atoms with E-state index in [2.05, 4.69) is 55.1 Å². The second-order valence-corrected chi connectivity index (χ2v) is 7.14. The quantitative estimate of drug-likeness (QED) is 0.301. The summed E-state index contributed by atoms with van der Waals surface area (Å²) in [5.74, 6) is 0.783. The fourth-order valence-electron chi connectivity index (χ4n) is 3.01. The van der Waals surface area contributed by atoms with Crippen molar-refractivity contribution >= 4 is 11.9 Å². The first-order valence-electron chi connectivity index (χ1n) is 10.8. The van der Waals surface area contributed by atoms with Crippen molar-refractivity contribution in [2.75, 3.05) is 0 Å². The second-order valence-electron chi connectivity index (χ2n) is 7.14. The number of unbranched alkanes of at least 4 members (excludes halogenated alkanes) is 10. The second kappa shape index (κ2) is 13.8. The van der Waals surface area contributed by atoms with Crippen LogP contribution in [-0.2, 0) is 13.1 Å². The largest absolute Gasteiger partial charge is 0.288 e.